The Morgan fingerprint density at radius 1 is 1.29 bits per heavy atom. The van der Waals surface area contributed by atoms with Crippen LogP contribution in [0.2, 0.25) is 0 Å². The van der Waals surface area contributed by atoms with E-state index in [-0.39, 0.29) is 55.2 Å². The van der Waals surface area contributed by atoms with Gasteiger partial charge in [0, 0.05) is 35.0 Å². The van der Waals surface area contributed by atoms with Crippen molar-refractivity contribution >= 4 is 58.7 Å². The quantitative estimate of drug-likeness (QED) is 0.0621. The first-order valence-electron chi connectivity index (χ1n) is 12.9. The predicted octanol–water partition coefficient (Wildman–Crippen LogP) is -0.0969. The van der Waals surface area contributed by atoms with E-state index in [1.807, 2.05) is 0 Å². The van der Waals surface area contributed by atoms with Gasteiger partial charge in [0.2, 0.25) is 11.9 Å². The molecule has 6 rings (SSSR count). The second-order valence-corrected chi connectivity index (χ2v) is 12.6. The summed E-state index contributed by atoms with van der Waals surface area (Å²) in [5.41, 5.74) is 12.6. The van der Waals surface area contributed by atoms with Crippen LogP contribution >= 0.6 is 30.0 Å². The number of hydrogen-bond donors (Lipinski definition) is 5. The van der Waals surface area contributed by atoms with Crippen LogP contribution in [0.1, 0.15) is 29.9 Å². The molecule has 0 bridgehead atoms. The predicted molar refractivity (Wildman–Crippen MR) is 155 cm³/mol. The molecule has 9 atom stereocenters. The molecule has 2 aliphatic rings. The van der Waals surface area contributed by atoms with Crippen LogP contribution in [-0.2, 0) is 18.7 Å². The molecule has 0 aliphatic carbocycles. The fraction of sp³-hybridized carbons (Fsp3) is 0.571. The summed E-state index contributed by atoms with van der Waals surface area (Å²) < 4.78 is 20.5. The van der Waals surface area contributed by atoms with Crippen LogP contribution < -0.4 is 17.0 Å². The summed E-state index contributed by atoms with van der Waals surface area (Å²) in [6, 6.07) is 0. The molecule has 7 N–H and O–H groups in total. The van der Waals surface area contributed by atoms with E-state index in [0.717, 1.165) is 5.56 Å². The van der Waals surface area contributed by atoms with E-state index in [1.165, 1.54) is 27.3 Å². The van der Waals surface area contributed by atoms with Gasteiger partial charge in [0.1, 0.15) is 11.7 Å². The first kappa shape index (κ1) is 29.5. The van der Waals surface area contributed by atoms with Crippen molar-refractivity contribution < 1.29 is 29.0 Å². The van der Waals surface area contributed by atoms with Crippen molar-refractivity contribution in [1.82, 2.24) is 44.5 Å². The van der Waals surface area contributed by atoms with Crippen LogP contribution in [0.25, 0.3) is 16.8 Å². The Hall–Kier alpha value is -2.60. The van der Waals surface area contributed by atoms with Gasteiger partial charge in [-0.25, -0.2) is 19.5 Å². The van der Waals surface area contributed by atoms with Gasteiger partial charge < -0.3 is 30.4 Å². The first-order valence-corrected chi connectivity index (χ1v) is 15.4. The third-order valence-electron chi connectivity index (χ3n) is 7.31. The molecule has 0 amide bonds. The molecule has 2 unspecified atom stereocenters. The van der Waals surface area contributed by atoms with Crippen molar-refractivity contribution in [2.75, 3.05) is 30.8 Å². The molecule has 0 spiro atoms. The number of aromatic nitrogens is 9. The molecule has 2 saturated heterocycles. The van der Waals surface area contributed by atoms with Gasteiger partial charge in [0.25, 0.3) is 5.56 Å². The number of rotatable bonds is 11. The molecular formula is C21H29N11O7P2S. The standard InChI is InChI=1S/C21H29N11O7P2S/c22-20-27-17-13(18(34)28-20)29-30-31(17)19-15(39-35)14(33)12(42-19)1-2-41-37-5-8-3-10(38-11(8)6-36-40)9-4-26-32-16(9)24-7-25-21(32)23/h4,7-8,10-12,14-15,19,33,35,41H,1-3,5-6,40H2,(H2,23,24,25)(H3,22,27,28,34)/t8-,10-,11-,12-,14-,15-,19-/m1/s1. The third kappa shape index (κ3) is 5.56. The normalized spacial score (nSPS) is 28.2. The Morgan fingerprint density at radius 2 is 2.14 bits per heavy atom. The second-order valence-electron chi connectivity index (χ2n) is 9.84. The largest absolute Gasteiger partial charge is 0.389 e. The maximum atomic E-state index is 12.1. The van der Waals surface area contributed by atoms with Crippen molar-refractivity contribution in [3.63, 3.8) is 0 Å². The molecule has 0 radical (unpaired) electrons. The maximum Gasteiger partial charge on any atom is 0.282 e. The van der Waals surface area contributed by atoms with Crippen molar-refractivity contribution in [2.24, 2.45) is 5.92 Å². The van der Waals surface area contributed by atoms with Crippen LogP contribution in [0, 0.1) is 5.92 Å². The van der Waals surface area contributed by atoms with Crippen molar-refractivity contribution in [3.8, 4) is 0 Å². The van der Waals surface area contributed by atoms with E-state index in [0.29, 0.717) is 37.9 Å². The fourth-order valence-electron chi connectivity index (χ4n) is 5.26. The average molecular weight is 642 g/mol. The number of aliphatic hydroxyl groups is 1. The molecule has 226 valence electrons. The van der Waals surface area contributed by atoms with Crippen LogP contribution in [0.15, 0.2) is 17.3 Å². The third-order valence-corrected chi connectivity index (χ3v) is 9.97. The molecule has 4 aromatic rings. The van der Waals surface area contributed by atoms with Gasteiger partial charge in [-0.1, -0.05) is 5.21 Å². The highest BCUT2D eigenvalue weighted by Gasteiger charge is 2.47. The molecular weight excluding hydrogens is 612 g/mol. The summed E-state index contributed by atoms with van der Waals surface area (Å²) in [5.74, 6) is 0.220. The number of ether oxygens (including phenoxy) is 1. The molecule has 6 heterocycles. The highest BCUT2D eigenvalue weighted by molar-refractivity contribution is 8.00. The number of aromatic amines is 1. The Kier molecular flexibility index (Phi) is 8.81. The minimum absolute atomic E-state index is 0.00297. The van der Waals surface area contributed by atoms with Crippen LogP contribution in [0.4, 0.5) is 11.9 Å². The number of H-pyrrole nitrogens is 1. The molecule has 2 fully saturated rings. The molecule has 4 aromatic heterocycles. The summed E-state index contributed by atoms with van der Waals surface area (Å²) in [7, 11) is 2.41. The van der Waals surface area contributed by atoms with E-state index >= 15 is 0 Å². The second kappa shape index (κ2) is 12.6. The highest BCUT2D eigenvalue weighted by atomic mass is 32.2. The molecule has 21 heteroatoms. The van der Waals surface area contributed by atoms with Gasteiger partial charge in [0.05, 0.1) is 37.7 Å². The van der Waals surface area contributed by atoms with Gasteiger partial charge in [-0.15, -0.1) is 16.9 Å². The highest BCUT2D eigenvalue weighted by Crippen LogP contribution is 2.46. The van der Waals surface area contributed by atoms with E-state index in [1.54, 1.807) is 6.20 Å². The summed E-state index contributed by atoms with van der Waals surface area (Å²) in [4.78, 5) is 31.5. The van der Waals surface area contributed by atoms with E-state index in [4.69, 9.17) is 25.3 Å². The van der Waals surface area contributed by atoms with Crippen molar-refractivity contribution in [2.45, 2.75) is 47.9 Å². The number of nitrogens with two attached hydrogens (primary N) is 2. The van der Waals surface area contributed by atoms with Gasteiger partial charge in [-0.05, 0) is 19.0 Å². The zero-order valence-electron chi connectivity index (χ0n) is 21.9. The summed E-state index contributed by atoms with van der Waals surface area (Å²) in [6.07, 6.45) is 2.57. The van der Waals surface area contributed by atoms with Gasteiger partial charge in [-0.2, -0.15) is 14.6 Å². The zero-order chi connectivity index (χ0) is 29.4. The van der Waals surface area contributed by atoms with Crippen LogP contribution in [0.5, 0.6) is 0 Å². The van der Waals surface area contributed by atoms with Gasteiger partial charge >= 0.3 is 0 Å². The van der Waals surface area contributed by atoms with E-state index < -0.39 is 23.1 Å². The Labute approximate surface area is 245 Å². The molecule has 2 aliphatic heterocycles. The van der Waals surface area contributed by atoms with E-state index in [2.05, 4.69) is 49.7 Å². The number of anilines is 2. The lowest BCUT2D eigenvalue weighted by atomic mass is 9.99. The number of fused-ring (bicyclic) bond motifs is 2. The maximum absolute atomic E-state index is 12.1. The topological polar surface area (TPSA) is 249 Å². The lowest BCUT2D eigenvalue weighted by Gasteiger charge is -2.18. The number of nitrogens with zero attached hydrogens (tertiary/aromatic N) is 8. The van der Waals surface area contributed by atoms with Crippen LogP contribution in [0.3, 0.4) is 0 Å². The number of thioether (sulfide) groups is 1. The Morgan fingerprint density at radius 3 is 2.95 bits per heavy atom. The van der Waals surface area contributed by atoms with Crippen molar-refractivity contribution in [1.29, 1.82) is 0 Å². The fourth-order valence-corrected chi connectivity index (χ4v) is 8.12. The lowest BCUT2D eigenvalue weighted by Crippen LogP contribution is -2.34. The smallest absolute Gasteiger partial charge is 0.282 e. The summed E-state index contributed by atoms with van der Waals surface area (Å²) in [6.45, 7) is 0.842. The monoisotopic (exact) mass is 641 g/mol. The Bertz CT molecular complexity index is 1610. The number of hydrogen-bond acceptors (Lipinski definition) is 16. The molecule has 18 nitrogen and oxygen atoms in total. The van der Waals surface area contributed by atoms with Gasteiger partial charge in [-0.3, -0.25) is 15.0 Å². The minimum atomic E-state index is -1.02. The molecule has 42 heavy (non-hydrogen) atoms. The Balaban J connectivity index is 1.04. The summed E-state index contributed by atoms with van der Waals surface area (Å²) >= 11 is 1.34. The first-order chi connectivity index (χ1) is 20.4. The zero-order valence-corrected chi connectivity index (χ0v) is 24.9. The number of nitrogen functional groups attached to an aromatic ring is 2. The number of aliphatic hydroxyl groups excluding tert-OH is 1. The van der Waals surface area contributed by atoms with Gasteiger partial charge in [0.15, 0.2) is 22.9 Å². The summed E-state index contributed by atoms with van der Waals surface area (Å²) in [5, 5.41) is 31.6. The van der Waals surface area contributed by atoms with Crippen LogP contribution in [-0.4, -0.2) is 97.8 Å². The number of nitrogens with one attached hydrogen (secondary N) is 1. The molecule has 0 aromatic carbocycles. The minimum Gasteiger partial charge on any atom is -0.389 e. The molecule has 0 saturated carbocycles. The lowest BCUT2D eigenvalue weighted by molar-refractivity contribution is -0.297. The van der Waals surface area contributed by atoms with E-state index in [9.17, 15) is 15.2 Å². The average Bonchev–Trinajstić information content (AvgIpc) is 3.74. The van der Waals surface area contributed by atoms with Crippen molar-refractivity contribution in [3.05, 3.63) is 28.4 Å². The SMILES string of the molecule is Nc1nc2c(nnn2[C@@H]2S[C@H](CCPOC[C@H]3C[C@H](c4cnn5c(N)ncnc45)O[C@@H]3COP)[C@@H](O)[C@H]2OO)c(=O)[nH]1.